The van der Waals surface area contributed by atoms with Crippen molar-refractivity contribution < 1.29 is 22.1 Å². The number of hydrazone groups is 1. The molecule has 1 amide bonds. The van der Waals surface area contributed by atoms with Crippen molar-refractivity contribution in [3.63, 3.8) is 0 Å². The fourth-order valence-electron chi connectivity index (χ4n) is 2.62. The Kier molecular flexibility index (Phi) is 7.75. The van der Waals surface area contributed by atoms with Crippen LogP contribution in [0.5, 0.6) is 11.5 Å². The minimum atomic E-state index is -4.12. The molecular formula is C22H18ClIN2O5S. The molecule has 0 fully saturated rings. The maximum absolute atomic E-state index is 12.6. The number of aryl methyl sites for hydroxylation is 1. The highest BCUT2D eigenvalue weighted by Gasteiger charge is 2.22. The quantitative estimate of drug-likeness (QED) is 0.187. The number of benzene rings is 3. The number of hydrogen-bond donors (Lipinski definition) is 1. The van der Waals surface area contributed by atoms with E-state index < -0.39 is 10.1 Å². The van der Waals surface area contributed by atoms with Crippen LogP contribution < -0.4 is 14.3 Å². The summed E-state index contributed by atoms with van der Waals surface area (Å²) in [4.78, 5) is 12.2. The van der Waals surface area contributed by atoms with Crippen LogP contribution in [-0.4, -0.2) is 27.6 Å². The standard InChI is InChI=1S/C22H18ClIN2O5S/c1-14-6-8-18(9-7-14)32(28,29)31-21-19(23)10-15(11-20(21)30-2)13-25-26-22(27)16-4-3-5-17(24)12-16/h3-13H,1-2H3,(H,26,27)/b25-13-. The number of nitrogens with zero attached hydrogens (tertiary/aromatic N) is 1. The monoisotopic (exact) mass is 584 g/mol. The molecule has 0 saturated carbocycles. The zero-order valence-electron chi connectivity index (χ0n) is 17.0. The molecule has 0 atom stereocenters. The molecule has 0 bridgehead atoms. The molecule has 0 saturated heterocycles. The van der Waals surface area contributed by atoms with Gasteiger partial charge in [-0.05, 0) is 77.5 Å². The molecule has 1 N–H and O–H groups in total. The molecule has 10 heteroatoms. The van der Waals surface area contributed by atoms with Gasteiger partial charge in [0.25, 0.3) is 5.91 Å². The van der Waals surface area contributed by atoms with Gasteiger partial charge in [-0.25, -0.2) is 5.43 Å². The normalized spacial score (nSPS) is 11.4. The first-order valence-corrected chi connectivity index (χ1v) is 12.0. The molecule has 0 radical (unpaired) electrons. The van der Waals surface area contributed by atoms with Crippen molar-refractivity contribution in [2.75, 3.05) is 7.11 Å². The van der Waals surface area contributed by atoms with Crippen molar-refractivity contribution in [3.05, 3.63) is 85.9 Å². The summed E-state index contributed by atoms with van der Waals surface area (Å²) in [6.45, 7) is 1.85. The van der Waals surface area contributed by atoms with Crippen LogP contribution in [-0.2, 0) is 10.1 Å². The maximum atomic E-state index is 12.6. The van der Waals surface area contributed by atoms with Gasteiger partial charge >= 0.3 is 10.1 Å². The molecule has 0 aliphatic rings. The van der Waals surface area contributed by atoms with Gasteiger partial charge in [-0.2, -0.15) is 13.5 Å². The Balaban J connectivity index is 1.79. The second-order valence-electron chi connectivity index (χ2n) is 6.59. The molecule has 0 heterocycles. The summed E-state index contributed by atoms with van der Waals surface area (Å²) in [6, 6.07) is 16.2. The summed E-state index contributed by atoms with van der Waals surface area (Å²) in [6.07, 6.45) is 1.36. The van der Waals surface area contributed by atoms with Gasteiger partial charge in [-0.1, -0.05) is 35.4 Å². The van der Waals surface area contributed by atoms with E-state index in [2.05, 4.69) is 33.1 Å². The first-order valence-electron chi connectivity index (χ1n) is 9.17. The third kappa shape index (κ3) is 5.99. The van der Waals surface area contributed by atoms with Crippen molar-refractivity contribution in [3.8, 4) is 11.5 Å². The van der Waals surface area contributed by atoms with Crippen LogP contribution in [0.2, 0.25) is 5.02 Å². The lowest BCUT2D eigenvalue weighted by Crippen LogP contribution is -2.17. The minimum absolute atomic E-state index is 0.00502. The summed E-state index contributed by atoms with van der Waals surface area (Å²) >= 11 is 8.38. The van der Waals surface area contributed by atoms with Gasteiger partial charge < -0.3 is 8.92 Å². The van der Waals surface area contributed by atoms with Gasteiger partial charge in [-0.3, -0.25) is 4.79 Å². The molecule has 3 aromatic rings. The smallest absolute Gasteiger partial charge is 0.339 e. The Bertz CT molecular complexity index is 1280. The van der Waals surface area contributed by atoms with E-state index in [0.717, 1.165) is 9.13 Å². The average Bonchev–Trinajstić information content (AvgIpc) is 2.75. The van der Waals surface area contributed by atoms with Crippen molar-refractivity contribution >= 4 is 56.4 Å². The number of rotatable bonds is 7. The van der Waals surface area contributed by atoms with E-state index in [9.17, 15) is 13.2 Å². The van der Waals surface area contributed by atoms with E-state index in [4.69, 9.17) is 20.5 Å². The molecule has 3 rings (SSSR count). The van der Waals surface area contributed by atoms with Crippen LogP contribution in [0.3, 0.4) is 0 Å². The molecule has 7 nitrogen and oxygen atoms in total. The average molecular weight is 585 g/mol. The predicted octanol–water partition coefficient (Wildman–Crippen LogP) is 4.79. The fraction of sp³-hybridized carbons (Fsp3) is 0.0909. The van der Waals surface area contributed by atoms with E-state index in [1.807, 2.05) is 13.0 Å². The molecule has 0 unspecified atom stereocenters. The SMILES string of the molecule is COc1cc(/C=N\NC(=O)c2cccc(I)c2)cc(Cl)c1OS(=O)(=O)c1ccc(C)cc1. The Morgan fingerprint density at radius 3 is 2.50 bits per heavy atom. The number of carbonyl (C=O) groups is 1. The Morgan fingerprint density at radius 2 is 1.84 bits per heavy atom. The maximum Gasteiger partial charge on any atom is 0.339 e. The number of nitrogens with one attached hydrogen (secondary N) is 1. The molecule has 0 aliphatic heterocycles. The van der Waals surface area contributed by atoms with E-state index in [0.29, 0.717) is 11.1 Å². The largest absolute Gasteiger partial charge is 0.493 e. The van der Waals surface area contributed by atoms with E-state index in [-0.39, 0.29) is 27.3 Å². The predicted molar refractivity (Wildman–Crippen MR) is 131 cm³/mol. The van der Waals surface area contributed by atoms with Crippen LogP contribution in [0.25, 0.3) is 0 Å². The summed E-state index contributed by atoms with van der Waals surface area (Å²) < 4.78 is 36.7. The Morgan fingerprint density at radius 1 is 1.12 bits per heavy atom. The summed E-state index contributed by atoms with van der Waals surface area (Å²) in [5.41, 5.74) is 4.28. The van der Waals surface area contributed by atoms with Crippen LogP contribution in [0.1, 0.15) is 21.5 Å². The van der Waals surface area contributed by atoms with Crippen molar-refractivity contribution in [2.45, 2.75) is 11.8 Å². The first kappa shape index (κ1) is 24.0. The number of hydrogen-bond acceptors (Lipinski definition) is 6. The lowest BCUT2D eigenvalue weighted by Gasteiger charge is -2.13. The third-order valence-corrected chi connectivity index (χ3v) is 6.41. The second-order valence-corrected chi connectivity index (χ2v) is 9.79. The van der Waals surface area contributed by atoms with Gasteiger partial charge in [0, 0.05) is 9.13 Å². The number of carbonyl (C=O) groups excluding carboxylic acids is 1. The fourth-order valence-corrected chi connectivity index (χ4v) is 4.42. The molecular weight excluding hydrogens is 567 g/mol. The third-order valence-electron chi connectivity index (χ3n) is 4.22. The first-order chi connectivity index (χ1) is 15.2. The highest BCUT2D eigenvalue weighted by atomic mass is 127. The molecule has 166 valence electrons. The van der Waals surface area contributed by atoms with Gasteiger partial charge in [0.1, 0.15) is 4.90 Å². The number of methoxy groups -OCH3 is 1. The van der Waals surface area contributed by atoms with Gasteiger partial charge in [0.05, 0.1) is 18.3 Å². The van der Waals surface area contributed by atoms with E-state index in [1.165, 1.54) is 37.6 Å². The highest BCUT2D eigenvalue weighted by Crippen LogP contribution is 2.38. The number of halogens is 2. The minimum Gasteiger partial charge on any atom is -0.493 e. The lowest BCUT2D eigenvalue weighted by atomic mass is 10.2. The Hall–Kier alpha value is -2.63. The van der Waals surface area contributed by atoms with Gasteiger partial charge in [0.2, 0.25) is 5.75 Å². The summed E-state index contributed by atoms with van der Waals surface area (Å²) in [5.74, 6) is -0.421. The van der Waals surface area contributed by atoms with Crippen molar-refractivity contribution in [1.29, 1.82) is 0 Å². The lowest BCUT2D eigenvalue weighted by molar-refractivity contribution is 0.0955. The highest BCUT2D eigenvalue weighted by molar-refractivity contribution is 14.1. The zero-order chi connectivity index (χ0) is 23.3. The molecule has 32 heavy (non-hydrogen) atoms. The molecule has 0 aliphatic carbocycles. The van der Waals surface area contributed by atoms with Crippen molar-refractivity contribution in [1.82, 2.24) is 5.43 Å². The van der Waals surface area contributed by atoms with E-state index in [1.54, 1.807) is 30.3 Å². The van der Waals surface area contributed by atoms with Crippen LogP contribution in [0, 0.1) is 10.5 Å². The molecule has 0 aromatic heterocycles. The number of amides is 1. The van der Waals surface area contributed by atoms with Gasteiger partial charge in [0.15, 0.2) is 5.75 Å². The Labute approximate surface area is 204 Å². The zero-order valence-corrected chi connectivity index (χ0v) is 20.7. The van der Waals surface area contributed by atoms with Gasteiger partial charge in [-0.15, -0.1) is 0 Å². The van der Waals surface area contributed by atoms with Crippen LogP contribution in [0.4, 0.5) is 0 Å². The summed E-state index contributed by atoms with van der Waals surface area (Å²) in [5, 5.41) is 3.93. The summed E-state index contributed by atoms with van der Waals surface area (Å²) in [7, 11) is -2.76. The van der Waals surface area contributed by atoms with E-state index >= 15 is 0 Å². The van der Waals surface area contributed by atoms with Crippen LogP contribution in [0.15, 0.2) is 70.7 Å². The van der Waals surface area contributed by atoms with Crippen molar-refractivity contribution in [2.24, 2.45) is 5.10 Å². The molecule has 3 aromatic carbocycles. The number of ether oxygens (including phenoxy) is 1. The van der Waals surface area contributed by atoms with Crippen LogP contribution >= 0.6 is 34.2 Å². The second kappa shape index (κ2) is 10.3. The molecule has 0 spiro atoms. The topological polar surface area (TPSA) is 94.1 Å².